The van der Waals surface area contributed by atoms with E-state index in [-0.39, 0.29) is 24.3 Å². The molecule has 1 amide bonds. The van der Waals surface area contributed by atoms with E-state index in [1.807, 2.05) is 6.07 Å². The number of anilines is 1. The standard InChI is InChI=1S/C12H17N3O2/c13-11-3-2-8(7-15-11)9-6-10(9)12(17)14-4-1-5-16/h2-3,7,9-10,16H,1,4-6H2,(H2,13,15)(H,14,17). The van der Waals surface area contributed by atoms with Crippen molar-refractivity contribution in [2.24, 2.45) is 5.92 Å². The third-order valence-corrected chi connectivity index (χ3v) is 3.00. The summed E-state index contributed by atoms with van der Waals surface area (Å²) in [6.45, 7) is 0.648. The Kier molecular flexibility index (Phi) is 3.58. The zero-order valence-electron chi connectivity index (χ0n) is 9.60. The molecular formula is C12H17N3O2. The molecule has 1 aliphatic rings. The SMILES string of the molecule is Nc1ccc(C2CC2C(=O)NCCCO)cn1. The van der Waals surface area contributed by atoms with Gasteiger partial charge in [-0.1, -0.05) is 6.07 Å². The Morgan fingerprint density at radius 2 is 2.41 bits per heavy atom. The van der Waals surface area contributed by atoms with Crippen LogP contribution in [0.5, 0.6) is 0 Å². The molecule has 0 saturated heterocycles. The van der Waals surface area contributed by atoms with E-state index in [0.29, 0.717) is 18.8 Å². The summed E-state index contributed by atoms with van der Waals surface area (Å²) >= 11 is 0. The van der Waals surface area contributed by atoms with Crippen molar-refractivity contribution in [1.29, 1.82) is 0 Å². The predicted octanol–water partition coefficient (Wildman–Crippen LogP) is 0.266. The molecular weight excluding hydrogens is 218 g/mol. The van der Waals surface area contributed by atoms with Crippen LogP contribution in [0.15, 0.2) is 18.3 Å². The molecule has 1 aliphatic carbocycles. The van der Waals surface area contributed by atoms with E-state index in [1.54, 1.807) is 12.3 Å². The van der Waals surface area contributed by atoms with Crippen molar-refractivity contribution < 1.29 is 9.90 Å². The maximum absolute atomic E-state index is 11.7. The molecule has 1 heterocycles. The van der Waals surface area contributed by atoms with Gasteiger partial charge in [-0.05, 0) is 30.4 Å². The number of hydrogen-bond donors (Lipinski definition) is 3. The Balaban J connectivity index is 1.83. The molecule has 1 fully saturated rings. The van der Waals surface area contributed by atoms with Crippen LogP contribution in [0, 0.1) is 5.92 Å². The van der Waals surface area contributed by atoms with Crippen molar-refractivity contribution in [3.63, 3.8) is 0 Å². The highest BCUT2D eigenvalue weighted by molar-refractivity contribution is 5.82. The van der Waals surface area contributed by atoms with Gasteiger partial charge < -0.3 is 16.2 Å². The quantitative estimate of drug-likeness (QED) is 0.639. The third kappa shape index (κ3) is 2.94. The minimum Gasteiger partial charge on any atom is -0.396 e. The second kappa shape index (κ2) is 5.14. The van der Waals surface area contributed by atoms with E-state index in [0.717, 1.165) is 12.0 Å². The van der Waals surface area contributed by atoms with Crippen molar-refractivity contribution >= 4 is 11.7 Å². The summed E-state index contributed by atoms with van der Waals surface area (Å²) in [5.74, 6) is 0.898. The second-order valence-corrected chi connectivity index (χ2v) is 4.33. The molecule has 0 aromatic carbocycles. The van der Waals surface area contributed by atoms with Gasteiger partial charge in [-0.15, -0.1) is 0 Å². The average Bonchev–Trinajstić information content (AvgIpc) is 3.10. The summed E-state index contributed by atoms with van der Waals surface area (Å²) in [6, 6.07) is 3.68. The first kappa shape index (κ1) is 11.9. The van der Waals surface area contributed by atoms with Crippen molar-refractivity contribution in [2.45, 2.75) is 18.8 Å². The molecule has 92 valence electrons. The van der Waals surface area contributed by atoms with Crippen LogP contribution in [0.3, 0.4) is 0 Å². The van der Waals surface area contributed by atoms with Crippen LogP contribution in [0.1, 0.15) is 24.3 Å². The maximum atomic E-state index is 11.7. The average molecular weight is 235 g/mol. The number of carbonyl (C=O) groups is 1. The van der Waals surface area contributed by atoms with Gasteiger partial charge in [0.1, 0.15) is 5.82 Å². The number of nitrogens with two attached hydrogens (primary N) is 1. The zero-order chi connectivity index (χ0) is 12.3. The number of nitrogen functional groups attached to an aromatic ring is 1. The number of aromatic nitrogens is 1. The van der Waals surface area contributed by atoms with E-state index in [4.69, 9.17) is 10.8 Å². The van der Waals surface area contributed by atoms with E-state index in [9.17, 15) is 4.79 Å². The van der Waals surface area contributed by atoms with Crippen molar-refractivity contribution in [2.75, 3.05) is 18.9 Å². The van der Waals surface area contributed by atoms with Crippen LogP contribution in [-0.2, 0) is 4.79 Å². The lowest BCUT2D eigenvalue weighted by atomic mass is 10.1. The fraction of sp³-hybridized carbons (Fsp3) is 0.500. The van der Waals surface area contributed by atoms with Crippen LogP contribution in [0.25, 0.3) is 0 Å². The molecule has 0 spiro atoms. The highest BCUT2D eigenvalue weighted by Gasteiger charge is 2.43. The molecule has 5 heteroatoms. The van der Waals surface area contributed by atoms with E-state index in [1.165, 1.54) is 0 Å². The maximum Gasteiger partial charge on any atom is 0.223 e. The molecule has 0 bridgehead atoms. The summed E-state index contributed by atoms with van der Waals surface area (Å²) in [5, 5.41) is 11.4. The van der Waals surface area contributed by atoms with E-state index < -0.39 is 0 Å². The van der Waals surface area contributed by atoms with Gasteiger partial charge in [-0.2, -0.15) is 0 Å². The normalized spacial score (nSPS) is 22.2. The Labute approximate surface area is 100 Å². The molecule has 2 atom stereocenters. The van der Waals surface area contributed by atoms with Gasteiger partial charge in [0.25, 0.3) is 0 Å². The highest BCUT2D eigenvalue weighted by Crippen LogP contribution is 2.47. The van der Waals surface area contributed by atoms with Gasteiger partial charge in [0.05, 0.1) is 0 Å². The summed E-state index contributed by atoms with van der Waals surface area (Å²) in [4.78, 5) is 15.7. The van der Waals surface area contributed by atoms with Crippen LogP contribution in [0.4, 0.5) is 5.82 Å². The summed E-state index contributed by atoms with van der Waals surface area (Å²) < 4.78 is 0. The van der Waals surface area contributed by atoms with Crippen LogP contribution < -0.4 is 11.1 Å². The minimum atomic E-state index is 0.0547. The first-order valence-electron chi connectivity index (χ1n) is 5.82. The highest BCUT2D eigenvalue weighted by atomic mass is 16.3. The fourth-order valence-corrected chi connectivity index (χ4v) is 1.91. The Hall–Kier alpha value is -1.62. The second-order valence-electron chi connectivity index (χ2n) is 4.33. The molecule has 0 radical (unpaired) electrons. The summed E-state index contributed by atoms with van der Waals surface area (Å²) in [5.41, 5.74) is 6.58. The molecule has 1 aromatic rings. The van der Waals surface area contributed by atoms with Crippen LogP contribution in [0.2, 0.25) is 0 Å². The zero-order valence-corrected chi connectivity index (χ0v) is 9.60. The van der Waals surface area contributed by atoms with Crippen molar-refractivity contribution in [3.05, 3.63) is 23.9 Å². The lowest BCUT2D eigenvalue weighted by molar-refractivity contribution is -0.122. The Morgan fingerprint density at radius 1 is 1.59 bits per heavy atom. The fourth-order valence-electron chi connectivity index (χ4n) is 1.91. The summed E-state index contributed by atoms with van der Waals surface area (Å²) in [6.07, 6.45) is 3.21. The number of nitrogens with zero attached hydrogens (tertiary/aromatic N) is 1. The topological polar surface area (TPSA) is 88.2 Å². The minimum absolute atomic E-state index is 0.0547. The van der Waals surface area contributed by atoms with Crippen molar-refractivity contribution in [1.82, 2.24) is 10.3 Å². The first-order valence-corrected chi connectivity index (χ1v) is 5.82. The Bertz CT molecular complexity index is 391. The number of amides is 1. The number of pyridine rings is 1. The number of aliphatic hydroxyl groups is 1. The van der Waals surface area contributed by atoms with Gasteiger partial charge >= 0.3 is 0 Å². The predicted molar refractivity (Wildman–Crippen MR) is 64.2 cm³/mol. The van der Waals surface area contributed by atoms with Crippen LogP contribution in [-0.4, -0.2) is 29.1 Å². The Morgan fingerprint density at radius 3 is 3.06 bits per heavy atom. The lowest BCUT2D eigenvalue weighted by Gasteiger charge is -2.03. The molecule has 2 unspecified atom stereocenters. The van der Waals surface area contributed by atoms with E-state index in [2.05, 4.69) is 10.3 Å². The number of aliphatic hydroxyl groups excluding tert-OH is 1. The van der Waals surface area contributed by atoms with Crippen LogP contribution >= 0.6 is 0 Å². The van der Waals surface area contributed by atoms with Gasteiger partial charge in [0.2, 0.25) is 5.91 Å². The number of hydrogen-bond acceptors (Lipinski definition) is 4. The smallest absolute Gasteiger partial charge is 0.223 e. The monoisotopic (exact) mass is 235 g/mol. The van der Waals surface area contributed by atoms with Gasteiger partial charge in [0, 0.05) is 25.3 Å². The van der Waals surface area contributed by atoms with Gasteiger partial charge in [-0.3, -0.25) is 4.79 Å². The summed E-state index contributed by atoms with van der Waals surface area (Å²) in [7, 11) is 0. The molecule has 1 aromatic heterocycles. The molecule has 0 aliphatic heterocycles. The van der Waals surface area contributed by atoms with Crippen molar-refractivity contribution in [3.8, 4) is 0 Å². The molecule has 1 saturated carbocycles. The molecule has 2 rings (SSSR count). The third-order valence-electron chi connectivity index (χ3n) is 3.00. The lowest BCUT2D eigenvalue weighted by Crippen LogP contribution is -2.26. The largest absolute Gasteiger partial charge is 0.396 e. The molecule has 5 nitrogen and oxygen atoms in total. The number of rotatable bonds is 5. The van der Waals surface area contributed by atoms with Gasteiger partial charge in [-0.25, -0.2) is 4.98 Å². The number of carbonyl (C=O) groups excluding carboxylic acids is 1. The first-order chi connectivity index (χ1) is 8.22. The molecule has 17 heavy (non-hydrogen) atoms. The van der Waals surface area contributed by atoms with E-state index >= 15 is 0 Å². The van der Waals surface area contributed by atoms with Gasteiger partial charge in [0.15, 0.2) is 0 Å². The number of nitrogens with one attached hydrogen (secondary N) is 1. The molecule has 4 N–H and O–H groups in total.